The van der Waals surface area contributed by atoms with Crippen LogP contribution in [-0.4, -0.2) is 34.1 Å². The normalized spacial score (nSPS) is 17.7. The van der Waals surface area contributed by atoms with E-state index in [9.17, 15) is 4.79 Å². The Morgan fingerprint density at radius 1 is 1.44 bits per heavy atom. The van der Waals surface area contributed by atoms with Crippen molar-refractivity contribution < 1.29 is 9.32 Å². The highest BCUT2D eigenvalue weighted by molar-refractivity contribution is 5.79. The lowest BCUT2D eigenvalue weighted by molar-refractivity contribution is -0.125. The third-order valence-corrected chi connectivity index (χ3v) is 4.28. The molecule has 3 rings (SSSR count). The van der Waals surface area contributed by atoms with Crippen LogP contribution >= 0.6 is 0 Å². The molecule has 0 aromatic carbocycles. The summed E-state index contributed by atoms with van der Waals surface area (Å²) in [6, 6.07) is 5.85. The standard InChI is InChI=1S/C18H25N5O2/c1-13(2)10-17-21-15(22-25-17)11-20-18(24)14-6-5-9-23(12-14)16-7-3-4-8-19-16/h3-4,7-8,13-14H,5-6,9-12H2,1-2H3,(H,20,24)/t14-/m0/s1. The molecule has 1 aliphatic rings. The zero-order valence-corrected chi connectivity index (χ0v) is 14.8. The van der Waals surface area contributed by atoms with Gasteiger partial charge in [0.15, 0.2) is 5.82 Å². The average Bonchev–Trinajstić information content (AvgIpc) is 3.07. The first kappa shape index (κ1) is 17.4. The molecule has 0 aliphatic carbocycles. The van der Waals surface area contributed by atoms with E-state index in [-0.39, 0.29) is 11.8 Å². The van der Waals surface area contributed by atoms with Crippen molar-refractivity contribution in [1.29, 1.82) is 0 Å². The number of amides is 1. The molecule has 0 unspecified atom stereocenters. The molecule has 2 aromatic rings. The van der Waals surface area contributed by atoms with Crippen molar-refractivity contribution in [3.63, 3.8) is 0 Å². The van der Waals surface area contributed by atoms with Crippen LogP contribution < -0.4 is 10.2 Å². The highest BCUT2D eigenvalue weighted by atomic mass is 16.5. The lowest BCUT2D eigenvalue weighted by Crippen LogP contribution is -2.43. The van der Waals surface area contributed by atoms with E-state index in [4.69, 9.17) is 4.52 Å². The number of anilines is 1. The average molecular weight is 343 g/mol. The molecule has 1 saturated heterocycles. The fourth-order valence-corrected chi connectivity index (χ4v) is 3.04. The molecule has 1 aliphatic heterocycles. The molecule has 3 heterocycles. The van der Waals surface area contributed by atoms with Crippen LogP contribution in [0.2, 0.25) is 0 Å². The molecule has 7 nitrogen and oxygen atoms in total. The fraction of sp³-hybridized carbons (Fsp3) is 0.556. The number of carbonyl (C=O) groups excluding carboxylic acids is 1. The van der Waals surface area contributed by atoms with Crippen LogP contribution in [0.4, 0.5) is 5.82 Å². The number of nitrogens with one attached hydrogen (secondary N) is 1. The zero-order valence-electron chi connectivity index (χ0n) is 14.8. The van der Waals surface area contributed by atoms with E-state index in [2.05, 4.69) is 39.2 Å². The molecule has 0 bridgehead atoms. The lowest BCUT2D eigenvalue weighted by atomic mass is 9.97. The van der Waals surface area contributed by atoms with Crippen LogP contribution in [0.15, 0.2) is 28.9 Å². The van der Waals surface area contributed by atoms with Crippen molar-refractivity contribution in [2.45, 2.75) is 39.7 Å². The molecule has 1 fully saturated rings. The first-order chi connectivity index (χ1) is 12.1. The summed E-state index contributed by atoms with van der Waals surface area (Å²) < 4.78 is 5.20. The second kappa shape index (κ2) is 8.09. The van der Waals surface area contributed by atoms with E-state index in [0.717, 1.165) is 31.6 Å². The van der Waals surface area contributed by atoms with Crippen LogP contribution in [-0.2, 0) is 17.8 Å². The summed E-state index contributed by atoms with van der Waals surface area (Å²) in [6.45, 7) is 6.13. The molecule has 0 saturated carbocycles. The Labute approximate surface area is 147 Å². The van der Waals surface area contributed by atoms with Crippen LogP contribution in [0.25, 0.3) is 0 Å². The van der Waals surface area contributed by atoms with Gasteiger partial charge in [0.25, 0.3) is 0 Å². The number of pyridine rings is 1. The van der Waals surface area contributed by atoms with Crippen molar-refractivity contribution >= 4 is 11.7 Å². The molecule has 1 amide bonds. The summed E-state index contributed by atoms with van der Waals surface area (Å²) in [5.41, 5.74) is 0. The second-order valence-corrected chi connectivity index (χ2v) is 6.89. The number of carbonyl (C=O) groups is 1. The fourth-order valence-electron chi connectivity index (χ4n) is 3.04. The summed E-state index contributed by atoms with van der Waals surface area (Å²) >= 11 is 0. The highest BCUT2D eigenvalue weighted by Crippen LogP contribution is 2.21. The molecule has 1 N–H and O–H groups in total. The SMILES string of the molecule is CC(C)Cc1nc(CNC(=O)[C@H]2CCCN(c3ccccn3)C2)no1. The molecule has 0 spiro atoms. The number of rotatable bonds is 6. The lowest BCUT2D eigenvalue weighted by Gasteiger charge is -2.32. The van der Waals surface area contributed by atoms with Crippen LogP contribution in [0.5, 0.6) is 0 Å². The summed E-state index contributed by atoms with van der Waals surface area (Å²) in [5.74, 6) is 2.53. The number of hydrogen-bond acceptors (Lipinski definition) is 6. The van der Waals surface area contributed by atoms with E-state index in [1.165, 1.54) is 0 Å². The van der Waals surface area contributed by atoms with Gasteiger partial charge in [-0.3, -0.25) is 4.79 Å². The number of aromatic nitrogens is 3. The van der Waals surface area contributed by atoms with Crippen molar-refractivity contribution in [1.82, 2.24) is 20.4 Å². The van der Waals surface area contributed by atoms with E-state index in [1.807, 2.05) is 18.2 Å². The maximum Gasteiger partial charge on any atom is 0.226 e. The van der Waals surface area contributed by atoms with Crippen LogP contribution in [0.1, 0.15) is 38.4 Å². The molecule has 0 radical (unpaired) electrons. The smallest absolute Gasteiger partial charge is 0.226 e. The Kier molecular flexibility index (Phi) is 5.63. The van der Waals surface area contributed by atoms with Gasteiger partial charge in [-0.05, 0) is 30.9 Å². The van der Waals surface area contributed by atoms with E-state index < -0.39 is 0 Å². The predicted molar refractivity (Wildman–Crippen MR) is 93.9 cm³/mol. The van der Waals surface area contributed by atoms with Crippen LogP contribution in [0, 0.1) is 11.8 Å². The van der Waals surface area contributed by atoms with Gasteiger partial charge in [0.1, 0.15) is 5.82 Å². The number of nitrogens with zero attached hydrogens (tertiary/aromatic N) is 4. The Morgan fingerprint density at radius 2 is 2.32 bits per heavy atom. The minimum atomic E-state index is -0.0437. The van der Waals surface area contributed by atoms with Gasteiger partial charge >= 0.3 is 0 Å². The van der Waals surface area contributed by atoms with E-state index in [1.54, 1.807) is 6.20 Å². The Morgan fingerprint density at radius 3 is 3.08 bits per heavy atom. The van der Waals surface area contributed by atoms with Crippen molar-refractivity contribution in [3.8, 4) is 0 Å². The quantitative estimate of drug-likeness (QED) is 0.865. The van der Waals surface area contributed by atoms with Crippen molar-refractivity contribution in [2.75, 3.05) is 18.0 Å². The first-order valence-corrected chi connectivity index (χ1v) is 8.87. The van der Waals surface area contributed by atoms with E-state index in [0.29, 0.717) is 30.7 Å². The van der Waals surface area contributed by atoms with E-state index >= 15 is 0 Å². The first-order valence-electron chi connectivity index (χ1n) is 8.87. The highest BCUT2D eigenvalue weighted by Gasteiger charge is 2.26. The molecule has 134 valence electrons. The molecule has 1 atom stereocenters. The third kappa shape index (κ3) is 4.78. The number of hydrogen-bond donors (Lipinski definition) is 1. The second-order valence-electron chi connectivity index (χ2n) is 6.89. The summed E-state index contributed by atoms with van der Waals surface area (Å²) in [5, 5.41) is 6.86. The largest absolute Gasteiger partial charge is 0.356 e. The molecule has 7 heteroatoms. The summed E-state index contributed by atoms with van der Waals surface area (Å²) in [6.07, 6.45) is 4.40. The Bertz CT molecular complexity index is 686. The van der Waals surface area contributed by atoms with Gasteiger partial charge in [0.2, 0.25) is 11.8 Å². The van der Waals surface area contributed by atoms with Crippen LogP contribution in [0.3, 0.4) is 0 Å². The maximum atomic E-state index is 12.5. The topological polar surface area (TPSA) is 84.2 Å². The molecule has 25 heavy (non-hydrogen) atoms. The Hall–Kier alpha value is -2.44. The minimum absolute atomic E-state index is 0.0378. The van der Waals surface area contributed by atoms with Gasteiger partial charge in [-0.25, -0.2) is 4.98 Å². The summed E-state index contributed by atoms with van der Waals surface area (Å²) in [7, 11) is 0. The van der Waals surface area contributed by atoms with Crippen molar-refractivity contribution in [2.24, 2.45) is 11.8 Å². The Balaban J connectivity index is 1.51. The van der Waals surface area contributed by atoms with Gasteiger partial charge in [-0.2, -0.15) is 4.98 Å². The third-order valence-electron chi connectivity index (χ3n) is 4.28. The van der Waals surface area contributed by atoms with Gasteiger partial charge in [-0.1, -0.05) is 25.1 Å². The maximum absolute atomic E-state index is 12.5. The zero-order chi connectivity index (χ0) is 17.6. The molecular formula is C18H25N5O2. The number of piperidine rings is 1. The van der Waals surface area contributed by atoms with Gasteiger partial charge in [0.05, 0.1) is 12.5 Å². The minimum Gasteiger partial charge on any atom is -0.356 e. The molecular weight excluding hydrogens is 318 g/mol. The monoisotopic (exact) mass is 343 g/mol. The summed E-state index contributed by atoms with van der Waals surface area (Å²) in [4.78, 5) is 23.4. The molecule has 2 aromatic heterocycles. The van der Waals surface area contributed by atoms with Crippen molar-refractivity contribution in [3.05, 3.63) is 36.1 Å². The van der Waals surface area contributed by atoms with Gasteiger partial charge < -0.3 is 14.7 Å². The predicted octanol–water partition coefficient (Wildman–Crippen LogP) is 2.20. The van der Waals surface area contributed by atoms with Gasteiger partial charge in [0, 0.05) is 25.7 Å². The van der Waals surface area contributed by atoms with Gasteiger partial charge in [-0.15, -0.1) is 0 Å².